The first-order valence-corrected chi connectivity index (χ1v) is 26.3. The van der Waals surface area contributed by atoms with Gasteiger partial charge in [0.1, 0.15) is 24.0 Å². The summed E-state index contributed by atoms with van der Waals surface area (Å²) in [5, 5.41) is 13.4. The number of hydrogen-bond donors (Lipinski definition) is 3. The van der Waals surface area contributed by atoms with Crippen LogP contribution in [0.15, 0.2) is 47.8 Å². The Morgan fingerprint density at radius 1 is 1.07 bits per heavy atom. The molecule has 0 aliphatic carbocycles. The summed E-state index contributed by atoms with van der Waals surface area (Å²) in [5.74, 6) is 5.29. The molecule has 0 aromatic carbocycles. The fraction of sp³-hybridized carbons (Fsp3) is 0.667. The second-order valence-corrected chi connectivity index (χ2v) is 29.0. The highest BCUT2D eigenvalue weighted by molar-refractivity contribution is 7.90. The summed E-state index contributed by atoms with van der Waals surface area (Å²) in [6, 6.07) is -0.776. The van der Waals surface area contributed by atoms with Gasteiger partial charge in [0.05, 0.1) is 43.0 Å². The molecule has 3 aliphatic heterocycles. The number of ether oxygens (including phenoxy) is 2. The van der Waals surface area contributed by atoms with Crippen LogP contribution >= 0.6 is 0 Å². The molecular formula is C36H54N8O12SSi2. The summed E-state index contributed by atoms with van der Waals surface area (Å²) in [5.41, 5.74) is 9.93. The second kappa shape index (κ2) is 16.1. The molecule has 3 aliphatic rings. The van der Waals surface area contributed by atoms with Gasteiger partial charge in [-0.05, 0) is 48.7 Å². The molecule has 324 valence electrons. The highest BCUT2D eigenvalue weighted by Crippen LogP contribution is 2.52. The van der Waals surface area contributed by atoms with Crippen molar-refractivity contribution >= 4 is 26.8 Å². The van der Waals surface area contributed by atoms with Crippen LogP contribution in [0.5, 0.6) is 0 Å². The Hall–Kier alpha value is -4.09. The van der Waals surface area contributed by atoms with Gasteiger partial charge in [-0.15, -0.1) is 0 Å². The molecule has 4 N–H and O–H groups in total. The lowest BCUT2D eigenvalue weighted by molar-refractivity contribution is -0.0567. The van der Waals surface area contributed by atoms with Crippen LogP contribution < -0.4 is 28.2 Å². The maximum Gasteiger partial charge on any atom is 0.334 e. The molecule has 1 unspecified atom stereocenters. The molecule has 2 aromatic rings. The van der Waals surface area contributed by atoms with E-state index in [4.69, 9.17) is 33.8 Å². The standard InChI is InChI=1S/C36H54N8O12SSi2/c1-21-16-44(33(49)42(30(21)47)14-12-13-22-17-43(32(48)39-29(22)46)27-15-23(40-41-38)24(18-45)53-27)31-28(55-59(10,11)35(5,6)7)36(25(37)20-57(50,51)56-36)26(54-31)19-52-58(8,9)34(2,3)4/h16-17,20,23-24,26-28,31,45H,14-15,18-19,37H2,1-11H3,(H,39,46,48)/t23-,24+,26+,27+,28-,31+,36?/m0/s1. The smallest absolute Gasteiger partial charge is 0.334 e. The second-order valence-electron chi connectivity index (χ2n) is 18.1. The van der Waals surface area contributed by atoms with Crippen molar-refractivity contribution in [1.29, 1.82) is 0 Å². The molecule has 5 heterocycles. The van der Waals surface area contributed by atoms with E-state index in [1.807, 2.05) is 67.7 Å². The third-order valence-electron chi connectivity index (χ3n) is 12.0. The number of nitrogens with zero attached hydrogens (tertiary/aromatic N) is 6. The number of aliphatic hydroxyl groups is 1. The molecule has 1 spiro atoms. The summed E-state index contributed by atoms with van der Waals surface area (Å²) in [6.07, 6.45) is -3.36. The topological polar surface area (TPSA) is 274 Å². The van der Waals surface area contributed by atoms with Crippen LogP contribution in [0.1, 0.15) is 71.5 Å². The average molecular weight is 879 g/mol. The molecule has 2 aromatic heterocycles. The van der Waals surface area contributed by atoms with E-state index in [9.17, 15) is 32.7 Å². The zero-order valence-corrected chi connectivity index (χ0v) is 37.9. The van der Waals surface area contributed by atoms with Gasteiger partial charge < -0.3 is 29.2 Å². The van der Waals surface area contributed by atoms with E-state index in [0.29, 0.717) is 0 Å². The van der Waals surface area contributed by atoms with Crippen LogP contribution in [0.2, 0.25) is 36.3 Å². The molecule has 0 radical (unpaired) electrons. The molecule has 0 saturated carbocycles. The number of hydrogen-bond acceptors (Lipinski definition) is 14. The predicted octanol–water partition coefficient (Wildman–Crippen LogP) is 2.39. The summed E-state index contributed by atoms with van der Waals surface area (Å²) >= 11 is 0. The average Bonchev–Trinajstić information content (AvgIpc) is 3.73. The zero-order valence-electron chi connectivity index (χ0n) is 35.1. The zero-order chi connectivity index (χ0) is 44.3. The number of aryl methyl sites for hydroxylation is 1. The molecule has 20 nitrogen and oxygen atoms in total. The number of aromatic nitrogens is 4. The minimum absolute atomic E-state index is 0.0265. The first kappa shape index (κ1) is 46.0. The molecular weight excluding hydrogens is 825 g/mol. The Bertz CT molecular complexity index is 2480. The van der Waals surface area contributed by atoms with E-state index < -0.39 is 110 Å². The minimum atomic E-state index is -4.35. The third kappa shape index (κ3) is 8.74. The SMILES string of the molecule is Cc1cn([C@@H]2O[C@H](CO[Si](C)(C)C(C)(C)C)C3(OS(=O)(=O)C=C3N)[C@H]2O[Si](C)(C)C(C)(C)C)c(=O)n(CC#Cc2cn([C@H]3C[C@H](N=[N+]=[N-])[C@@H](CO)O3)c(=O)[nH]c2=O)c1=O. The molecule has 23 heteroatoms. The number of H-pyrrole nitrogens is 1. The van der Waals surface area contributed by atoms with Crippen molar-refractivity contribution in [2.24, 2.45) is 10.8 Å². The van der Waals surface area contributed by atoms with Crippen LogP contribution in [0.4, 0.5) is 0 Å². The van der Waals surface area contributed by atoms with Gasteiger partial charge in [0.25, 0.3) is 21.2 Å². The van der Waals surface area contributed by atoms with Gasteiger partial charge in [-0.25, -0.2) is 18.3 Å². The first-order chi connectivity index (χ1) is 27.1. The molecule has 59 heavy (non-hydrogen) atoms. The van der Waals surface area contributed by atoms with Gasteiger partial charge in [0.2, 0.25) is 0 Å². The van der Waals surface area contributed by atoms with E-state index in [1.165, 1.54) is 13.1 Å². The lowest BCUT2D eigenvalue weighted by Gasteiger charge is -2.43. The van der Waals surface area contributed by atoms with Crippen molar-refractivity contribution in [2.45, 2.75) is 140 Å². The molecule has 0 bridgehead atoms. The highest BCUT2D eigenvalue weighted by atomic mass is 32.2. The van der Waals surface area contributed by atoms with Crippen molar-refractivity contribution in [3.8, 4) is 11.8 Å². The van der Waals surface area contributed by atoms with Crippen molar-refractivity contribution in [3.05, 3.63) is 86.7 Å². The molecule has 2 saturated heterocycles. The van der Waals surface area contributed by atoms with Crippen molar-refractivity contribution in [3.63, 3.8) is 0 Å². The highest BCUT2D eigenvalue weighted by Gasteiger charge is 2.67. The maximum atomic E-state index is 14.4. The number of rotatable bonds is 10. The maximum absolute atomic E-state index is 14.4. The summed E-state index contributed by atoms with van der Waals surface area (Å²) < 4.78 is 61.1. The van der Waals surface area contributed by atoms with E-state index in [0.717, 1.165) is 25.3 Å². The Morgan fingerprint density at radius 2 is 1.71 bits per heavy atom. The Morgan fingerprint density at radius 3 is 2.27 bits per heavy atom. The van der Waals surface area contributed by atoms with Crippen molar-refractivity contribution < 1.29 is 36.0 Å². The van der Waals surface area contributed by atoms with E-state index in [1.54, 1.807) is 0 Å². The van der Waals surface area contributed by atoms with E-state index in [2.05, 4.69) is 26.9 Å². The predicted molar refractivity (Wildman–Crippen MR) is 221 cm³/mol. The van der Waals surface area contributed by atoms with Gasteiger partial charge in [-0.1, -0.05) is 58.5 Å². The fourth-order valence-corrected chi connectivity index (χ4v) is 10.0. The lowest BCUT2D eigenvalue weighted by Crippen LogP contribution is -2.59. The molecule has 7 atom stereocenters. The number of nitrogens with two attached hydrogens (primary N) is 1. The first-order valence-electron chi connectivity index (χ1n) is 19.0. The molecule has 2 fully saturated rings. The number of azide groups is 1. The third-order valence-corrected chi connectivity index (χ3v) is 22.0. The van der Waals surface area contributed by atoms with E-state index >= 15 is 0 Å². The van der Waals surface area contributed by atoms with Gasteiger partial charge in [-0.2, -0.15) is 8.42 Å². The molecule has 0 amide bonds. The minimum Gasteiger partial charge on any atom is -0.414 e. The van der Waals surface area contributed by atoms with Crippen LogP contribution in [0, 0.1) is 18.8 Å². The molecule has 5 rings (SSSR count). The van der Waals surface area contributed by atoms with Crippen LogP contribution in [-0.2, 0) is 39.2 Å². The summed E-state index contributed by atoms with van der Waals surface area (Å²) in [6.45, 7) is 20.3. The summed E-state index contributed by atoms with van der Waals surface area (Å²) in [4.78, 5) is 58.5. The van der Waals surface area contributed by atoms with Crippen molar-refractivity contribution in [2.75, 3.05) is 13.2 Å². The largest absolute Gasteiger partial charge is 0.414 e. The van der Waals surface area contributed by atoms with E-state index in [-0.39, 0.29) is 34.9 Å². The van der Waals surface area contributed by atoms with Crippen LogP contribution in [-0.4, -0.2) is 92.0 Å². The fourth-order valence-electron chi connectivity index (χ4n) is 6.53. The Labute approximate surface area is 343 Å². The van der Waals surface area contributed by atoms with Gasteiger partial charge in [0.15, 0.2) is 28.5 Å². The quantitative estimate of drug-likeness (QED) is 0.0774. The normalized spacial score (nSPS) is 27.0. The van der Waals surface area contributed by atoms with Crippen LogP contribution in [0.3, 0.4) is 0 Å². The Balaban J connectivity index is 1.60. The van der Waals surface area contributed by atoms with Crippen molar-refractivity contribution in [1.82, 2.24) is 18.7 Å². The number of nitrogens with one attached hydrogen (secondary N) is 1. The monoisotopic (exact) mass is 878 g/mol. The Kier molecular flexibility index (Phi) is 12.5. The number of aliphatic hydroxyl groups excluding tert-OH is 1. The lowest BCUT2D eigenvalue weighted by atomic mass is 9.89. The number of aromatic amines is 1. The van der Waals surface area contributed by atoms with Gasteiger partial charge >= 0.3 is 11.4 Å². The van der Waals surface area contributed by atoms with Crippen LogP contribution in [0.25, 0.3) is 10.4 Å². The summed E-state index contributed by atoms with van der Waals surface area (Å²) in [7, 11) is -9.70. The van der Waals surface area contributed by atoms with Gasteiger partial charge in [0, 0.05) is 29.3 Å². The van der Waals surface area contributed by atoms with Gasteiger partial charge in [-0.3, -0.25) is 23.7 Å².